The van der Waals surface area contributed by atoms with Crippen molar-refractivity contribution in [3.05, 3.63) is 53.6 Å². The minimum Gasteiger partial charge on any atom is -0.399 e. The number of hydrogen-bond acceptors (Lipinski definition) is 3. The Kier molecular flexibility index (Phi) is 3.77. The standard InChI is InChI=1S/C12H8F4N2O2S/c13-8-5-9(14)11(16)12(10(8)15)18-21(19,20)7-3-1-6(17)2-4-7/h1-5,18H,17H2. The van der Waals surface area contributed by atoms with Gasteiger partial charge in [0.1, 0.15) is 5.69 Å². The molecular formula is C12H8F4N2O2S. The Morgan fingerprint density at radius 1 is 0.905 bits per heavy atom. The van der Waals surface area contributed by atoms with Crippen LogP contribution in [0, 0.1) is 23.3 Å². The lowest BCUT2D eigenvalue weighted by Gasteiger charge is -2.11. The normalized spacial score (nSPS) is 11.4. The molecule has 0 aliphatic carbocycles. The van der Waals surface area contributed by atoms with Crippen molar-refractivity contribution in [1.82, 2.24) is 0 Å². The molecule has 0 atom stereocenters. The molecule has 0 saturated heterocycles. The lowest BCUT2D eigenvalue weighted by molar-refractivity contribution is 0.459. The Hall–Kier alpha value is -2.29. The van der Waals surface area contributed by atoms with Gasteiger partial charge >= 0.3 is 0 Å². The van der Waals surface area contributed by atoms with Crippen LogP contribution in [0.4, 0.5) is 28.9 Å². The van der Waals surface area contributed by atoms with E-state index < -0.39 is 39.0 Å². The predicted molar refractivity (Wildman–Crippen MR) is 67.9 cm³/mol. The SMILES string of the molecule is Nc1ccc(S(=O)(=O)Nc2c(F)c(F)cc(F)c2F)cc1. The van der Waals surface area contributed by atoms with Crippen molar-refractivity contribution in [2.75, 3.05) is 10.5 Å². The van der Waals surface area contributed by atoms with Crippen molar-refractivity contribution in [2.45, 2.75) is 4.90 Å². The fourth-order valence-corrected chi connectivity index (χ4v) is 2.56. The average molecular weight is 320 g/mol. The van der Waals surface area contributed by atoms with Crippen LogP contribution < -0.4 is 10.5 Å². The van der Waals surface area contributed by atoms with Crippen molar-refractivity contribution in [3.8, 4) is 0 Å². The summed E-state index contributed by atoms with van der Waals surface area (Å²) in [5.41, 5.74) is 4.22. The molecule has 0 fully saturated rings. The highest BCUT2D eigenvalue weighted by Crippen LogP contribution is 2.26. The number of benzene rings is 2. The first kappa shape index (κ1) is 15.1. The van der Waals surface area contributed by atoms with Gasteiger partial charge in [0.25, 0.3) is 10.0 Å². The Morgan fingerprint density at radius 3 is 1.86 bits per heavy atom. The van der Waals surface area contributed by atoms with Gasteiger partial charge in [-0.15, -0.1) is 0 Å². The number of sulfonamides is 1. The van der Waals surface area contributed by atoms with Gasteiger partial charge < -0.3 is 5.73 Å². The lowest BCUT2D eigenvalue weighted by Crippen LogP contribution is -2.16. The summed E-state index contributed by atoms with van der Waals surface area (Å²) in [5.74, 6) is -7.12. The van der Waals surface area contributed by atoms with E-state index in [9.17, 15) is 26.0 Å². The van der Waals surface area contributed by atoms with Gasteiger partial charge in [0.15, 0.2) is 23.3 Å². The quantitative estimate of drug-likeness (QED) is 0.519. The maximum absolute atomic E-state index is 13.4. The molecule has 0 saturated carbocycles. The predicted octanol–water partition coefficient (Wildman–Crippen LogP) is 2.63. The highest BCUT2D eigenvalue weighted by atomic mass is 32.2. The summed E-state index contributed by atoms with van der Waals surface area (Å²) in [6, 6.07) is 4.61. The van der Waals surface area contributed by atoms with E-state index in [0.717, 1.165) is 12.1 Å². The summed E-state index contributed by atoms with van der Waals surface area (Å²) in [6.45, 7) is 0. The molecule has 3 N–H and O–H groups in total. The van der Waals surface area contributed by atoms with Crippen LogP contribution >= 0.6 is 0 Å². The number of nitrogens with two attached hydrogens (primary N) is 1. The van der Waals surface area contributed by atoms with Crippen molar-refractivity contribution in [1.29, 1.82) is 0 Å². The Morgan fingerprint density at radius 2 is 1.38 bits per heavy atom. The van der Waals surface area contributed by atoms with Crippen LogP contribution in [0.15, 0.2) is 35.2 Å². The van der Waals surface area contributed by atoms with Crippen LogP contribution in [0.1, 0.15) is 0 Å². The molecule has 0 unspecified atom stereocenters. The van der Waals surface area contributed by atoms with Crippen molar-refractivity contribution in [3.63, 3.8) is 0 Å². The summed E-state index contributed by atoms with van der Waals surface area (Å²) >= 11 is 0. The molecule has 0 bridgehead atoms. The first-order chi connectivity index (χ1) is 9.72. The number of halogens is 4. The molecule has 0 aliphatic heterocycles. The van der Waals surface area contributed by atoms with Gasteiger partial charge in [-0.3, -0.25) is 4.72 Å². The van der Waals surface area contributed by atoms with Gasteiger partial charge in [-0.2, -0.15) is 0 Å². The molecule has 21 heavy (non-hydrogen) atoms. The number of nitrogens with one attached hydrogen (secondary N) is 1. The summed E-state index contributed by atoms with van der Waals surface area (Å²) in [7, 11) is -4.43. The molecule has 112 valence electrons. The average Bonchev–Trinajstić information content (AvgIpc) is 2.42. The van der Waals surface area contributed by atoms with Crippen LogP contribution in [-0.4, -0.2) is 8.42 Å². The van der Waals surface area contributed by atoms with Crippen LogP contribution in [-0.2, 0) is 10.0 Å². The van der Waals surface area contributed by atoms with Crippen LogP contribution in [0.3, 0.4) is 0 Å². The Balaban J connectivity index is 2.49. The Bertz CT molecular complexity index is 766. The van der Waals surface area contributed by atoms with Crippen LogP contribution in [0.5, 0.6) is 0 Å². The molecule has 0 heterocycles. The number of rotatable bonds is 3. The van der Waals surface area contributed by atoms with E-state index in [2.05, 4.69) is 0 Å². The third-order valence-electron chi connectivity index (χ3n) is 2.54. The molecule has 2 aromatic rings. The second-order valence-corrected chi connectivity index (χ2v) is 5.70. The zero-order valence-electron chi connectivity index (χ0n) is 10.2. The van der Waals surface area contributed by atoms with Crippen molar-refractivity contribution >= 4 is 21.4 Å². The van der Waals surface area contributed by atoms with Gasteiger partial charge in [-0.1, -0.05) is 0 Å². The van der Waals surface area contributed by atoms with Crippen LogP contribution in [0.25, 0.3) is 0 Å². The molecule has 0 radical (unpaired) electrons. The fourth-order valence-electron chi connectivity index (χ4n) is 1.50. The van der Waals surface area contributed by atoms with E-state index in [4.69, 9.17) is 5.73 Å². The molecule has 0 spiro atoms. The zero-order valence-corrected chi connectivity index (χ0v) is 11.0. The van der Waals surface area contributed by atoms with E-state index >= 15 is 0 Å². The largest absolute Gasteiger partial charge is 0.399 e. The molecule has 0 aliphatic rings. The van der Waals surface area contributed by atoms with Gasteiger partial charge in [0.05, 0.1) is 4.90 Å². The van der Waals surface area contributed by atoms with E-state index in [1.807, 2.05) is 0 Å². The van der Waals surface area contributed by atoms with Gasteiger partial charge in [0.2, 0.25) is 0 Å². The molecule has 9 heteroatoms. The summed E-state index contributed by atoms with van der Waals surface area (Å²) in [6.07, 6.45) is 0. The first-order valence-corrected chi connectivity index (χ1v) is 6.92. The lowest BCUT2D eigenvalue weighted by atomic mass is 10.3. The molecule has 0 amide bonds. The maximum atomic E-state index is 13.4. The molecule has 0 aromatic heterocycles. The molecule has 4 nitrogen and oxygen atoms in total. The highest BCUT2D eigenvalue weighted by Gasteiger charge is 2.24. The second-order valence-electron chi connectivity index (χ2n) is 4.02. The number of hydrogen-bond donors (Lipinski definition) is 2. The van der Waals surface area contributed by atoms with Crippen LogP contribution in [0.2, 0.25) is 0 Å². The summed E-state index contributed by atoms with van der Waals surface area (Å²) in [4.78, 5) is -0.375. The number of nitrogen functional groups attached to an aromatic ring is 1. The topological polar surface area (TPSA) is 72.2 Å². The third kappa shape index (κ3) is 2.92. The monoisotopic (exact) mass is 320 g/mol. The Labute approximate surface area is 117 Å². The van der Waals surface area contributed by atoms with E-state index in [1.54, 1.807) is 0 Å². The smallest absolute Gasteiger partial charge is 0.262 e. The molecule has 2 aromatic carbocycles. The van der Waals surface area contributed by atoms with E-state index in [0.29, 0.717) is 0 Å². The summed E-state index contributed by atoms with van der Waals surface area (Å²) < 4.78 is 78.2. The van der Waals surface area contributed by atoms with E-state index in [1.165, 1.54) is 16.9 Å². The highest BCUT2D eigenvalue weighted by molar-refractivity contribution is 7.92. The number of anilines is 2. The molecular weight excluding hydrogens is 312 g/mol. The minimum absolute atomic E-state index is 0.0221. The summed E-state index contributed by atoms with van der Waals surface area (Å²) in [5, 5.41) is 0. The minimum atomic E-state index is -4.43. The first-order valence-electron chi connectivity index (χ1n) is 5.43. The van der Waals surface area contributed by atoms with Gasteiger partial charge in [-0.25, -0.2) is 26.0 Å². The van der Waals surface area contributed by atoms with Gasteiger partial charge in [0, 0.05) is 11.8 Å². The second kappa shape index (κ2) is 5.24. The van der Waals surface area contributed by atoms with E-state index in [-0.39, 0.29) is 16.6 Å². The van der Waals surface area contributed by atoms with Crippen molar-refractivity contribution < 1.29 is 26.0 Å². The zero-order chi connectivity index (χ0) is 15.8. The van der Waals surface area contributed by atoms with Crippen molar-refractivity contribution in [2.24, 2.45) is 0 Å². The fraction of sp³-hybridized carbons (Fsp3) is 0. The third-order valence-corrected chi connectivity index (χ3v) is 3.90. The molecule has 2 rings (SSSR count). The maximum Gasteiger partial charge on any atom is 0.262 e. The van der Waals surface area contributed by atoms with Gasteiger partial charge in [-0.05, 0) is 24.3 Å².